The molecule has 0 bridgehead atoms. The Bertz CT molecular complexity index is 1040. The van der Waals surface area contributed by atoms with Gasteiger partial charge in [0.25, 0.3) is 0 Å². The number of aryl methyl sites for hydroxylation is 1. The van der Waals surface area contributed by atoms with Crippen molar-refractivity contribution >= 4 is 15.7 Å². The summed E-state index contributed by atoms with van der Waals surface area (Å²) >= 11 is 0. The minimum atomic E-state index is -3.84. The monoisotopic (exact) mass is 382 g/mol. The van der Waals surface area contributed by atoms with Crippen LogP contribution in [0.4, 0.5) is 5.88 Å². The Morgan fingerprint density at radius 3 is 2.26 bits per heavy atom. The summed E-state index contributed by atoms with van der Waals surface area (Å²) in [5, 5.41) is -0.998. The first kappa shape index (κ1) is 18.9. The van der Waals surface area contributed by atoms with Gasteiger partial charge >= 0.3 is 0 Å². The molecule has 140 valence electrons. The van der Waals surface area contributed by atoms with Crippen LogP contribution < -0.4 is 4.90 Å². The Morgan fingerprint density at radius 2 is 1.70 bits per heavy atom. The van der Waals surface area contributed by atoms with Crippen molar-refractivity contribution in [1.29, 1.82) is 0 Å². The molecule has 0 radical (unpaired) electrons. The van der Waals surface area contributed by atoms with E-state index >= 15 is 0 Å². The number of rotatable bonds is 6. The fraction of sp³-hybridized carbons (Fsp3) is 0.190. The van der Waals surface area contributed by atoms with Crippen molar-refractivity contribution < 1.29 is 12.8 Å². The quantitative estimate of drug-likeness (QED) is 0.591. The van der Waals surface area contributed by atoms with Crippen LogP contribution >= 0.6 is 0 Å². The Morgan fingerprint density at radius 1 is 1.07 bits per heavy atom. The molecular formula is C21H22N2O3S. The van der Waals surface area contributed by atoms with Crippen molar-refractivity contribution in [2.75, 3.05) is 19.0 Å². The van der Waals surface area contributed by atoms with E-state index in [-0.39, 0.29) is 16.8 Å². The van der Waals surface area contributed by atoms with E-state index in [1.54, 1.807) is 31.1 Å². The highest BCUT2D eigenvalue weighted by molar-refractivity contribution is 7.91. The lowest BCUT2D eigenvalue weighted by molar-refractivity contribution is 0.563. The first-order valence-corrected chi connectivity index (χ1v) is 10.1. The summed E-state index contributed by atoms with van der Waals surface area (Å²) < 4.78 is 32.6. The highest BCUT2D eigenvalue weighted by Gasteiger charge is 2.34. The number of aromatic nitrogens is 1. The number of benzene rings is 2. The first-order valence-electron chi connectivity index (χ1n) is 8.51. The number of sulfone groups is 1. The van der Waals surface area contributed by atoms with E-state index in [1.807, 2.05) is 49.4 Å². The average Bonchev–Trinajstić information content (AvgIpc) is 3.11. The fourth-order valence-electron chi connectivity index (χ4n) is 2.79. The topological polar surface area (TPSA) is 63.4 Å². The van der Waals surface area contributed by atoms with Crippen LogP contribution in [0.15, 0.2) is 76.7 Å². The predicted octanol–water partition coefficient (Wildman–Crippen LogP) is 4.42. The summed E-state index contributed by atoms with van der Waals surface area (Å²) in [4.78, 5) is 5.95. The Hall–Kier alpha value is -2.86. The van der Waals surface area contributed by atoms with E-state index in [0.717, 1.165) is 5.56 Å². The van der Waals surface area contributed by atoms with Gasteiger partial charge in [-0.3, -0.25) is 0 Å². The summed E-state index contributed by atoms with van der Waals surface area (Å²) in [6.07, 6.45) is 1.43. The summed E-state index contributed by atoms with van der Waals surface area (Å²) in [7, 11) is -0.394. The van der Waals surface area contributed by atoms with E-state index in [4.69, 9.17) is 4.42 Å². The molecule has 1 unspecified atom stereocenters. The van der Waals surface area contributed by atoms with Crippen LogP contribution in [0.2, 0.25) is 0 Å². The van der Waals surface area contributed by atoms with Crippen LogP contribution in [0.5, 0.6) is 0 Å². The second-order valence-electron chi connectivity index (χ2n) is 6.50. The van der Waals surface area contributed by atoms with Crippen molar-refractivity contribution in [1.82, 2.24) is 4.98 Å². The van der Waals surface area contributed by atoms with Crippen LogP contribution in [0.3, 0.4) is 0 Å². The Kier molecular flexibility index (Phi) is 5.19. The van der Waals surface area contributed by atoms with E-state index < -0.39 is 15.1 Å². The third-order valence-electron chi connectivity index (χ3n) is 4.23. The number of oxazole rings is 1. The van der Waals surface area contributed by atoms with Crippen LogP contribution in [0.1, 0.15) is 16.4 Å². The molecule has 0 saturated heterocycles. The van der Waals surface area contributed by atoms with Crippen molar-refractivity contribution in [3.05, 3.63) is 78.4 Å². The normalized spacial score (nSPS) is 12.6. The van der Waals surface area contributed by atoms with Crippen molar-refractivity contribution in [2.45, 2.75) is 17.2 Å². The molecule has 1 atom stereocenters. The molecule has 0 N–H and O–H groups in total. The van der Waals surface area contributed by atoms with Crippen LogP contribution in [-0.2, 0) is 9.84 Å². The maximum atomic E-state index is 13.4. The minimum Gasteiger partial charge on any atom is -0.419 e. The SMILES string of the molecule is C=CC(c1ccc(C)cc1)S(=O)(=O)c1nc(-c2ccccc2)oc1N(C)C. The second-order valence-corrected chi connectivity index (χ2v) is 8.49. The lowest BCUT2D eigenvalue weighted by Gasteiger charge is -2.15. The van der Waals surface area contributed by atoms with Crippen LogP contribution in [-0.4, -0.2) is 27.5 Å². The van der Waals surface area contributed by atoms with Gasteiger partial charge in [0.1, 0.15) is 5.25 Å². The molecule has 0 amide bonds. The molecule has 6 heteroatoms. The van der Waals surface area contributed by atoms with E-state index in [9.17, 15) is 8.42 Å². The molecule has 1 heterocycles. The molecule has 1 aromatic heterocycles. The molecule has 2 aromatic carbocycles. The fourth-order valence-corrected chi connectivity index (χ4v) is 4.48. The average molecular weight is 382 g/mol. The lowest BCUT2D eigenvalue weighted by atomic mass is 10.1. The lowest BCUT2D eigenvalue weighted by Crippen LogP contribution is -2.17. The highest BCUT2D eigenvalue weighted by Crippen LogP contribution is 2.37. The number of nitrogens with zero attached hydrogens (tertiary/aromatic N) is 2. The number of hydrogen-bond donors (Lipinski definition) is 0. The predicted molar refractivity (Wildman–Crippen MR) is 108 cm³/mol. The summed E-state index contributed by atoms with van der Waals surface area (Å²) in [5.74, 6) is 0.470. The van der Waals surface area contributed by atoms with Gasteiger partial charge in [0.05, 0.1) is 0 Å². The first-order chi connectivity index (χ1) is 12.8. The van der Waals surface area contributed by atoms with E-state index in [2.05, 4.69) is 11.6 Å². The van der Waals surface area contributed by atoms with E-state index in [1.165, 1.54) is 6.08 Å². The number of hydrogen-bond acceptors (Lipinski definition) is 5. The molecule has 27 heavy (non-hydrogen) atoms. The molecule has 3 aromatic rings. The van der Waals surface area contributed by atoms with Crippen molar-refractivity contribution in [2.24, 2.45) is 0 Å². The molecule has 0 spiro atoms. The maximum Gasteiger partial charge on any atom is 0.235 e. The van der Waals surface area contributed by atoms with Gasteiger partial charge in [-0.2, -0.15) is 4.98 Å². The van der Waals surface area contributed by atoms with Gasteiger partial charge in [-0.25, -0.2) is 8.42 Å². The van der Waals surface area contributed by atoms with Crippen LogP contribution in [0, 0.1) is 6.92 Å². The van der Waals surface area contributed by atoms with Gasteiger partial charge in [-0.1, -0.05) is 54.1 Å². The van der Waals surface area contributed by atoms with Crippen LogP contribution in [0.25, 0.3) is 11.5 Å². The maximum absolute atomic E-state index is 13.4. The van der Waals surface area contributed by atoms with Gasteiger partial charge in [0.2, 0.25) is 26.6 Å². The van der Waals surface area contributed by atoms with Gasteiger partial charge in [-0.05, 0) is 24.6 Å². The molecule has 0 aliphatic rings. The minimum absolute atomic E-state index is 0.0863. The van der Waals surface area contributed by atoms with Gasteiger partial charge in [0.15, 0.2) is 0 Å². The zero-order valence-electron chi connectivity index (χ0n) is 15.6. The van der Waals surface area contributed by atoms with Crippen molar-refractivity contribution in [3.63, 3.8) is 0 Å². The largest absolute Gasteiger partial charge is 0.419 e. The zero-order valence-corrected chi connectivity index (χ0v) is 16.4. The summed E-state index contributed by atoms with van der Waals surface area (Å²) in [5.41, 5.74) is 2.41. The molecule has 0 aliphatic heterocycles. The van der Waals surface area contributed by atoms with E-state index in [0.29, 0.717) is 11.1 Å². The van der Waals surface area contributed by atoms with Gasteiger partial charge < -0.3 is 9.32 Å². The van der Waals surface area contributed by atoms with Crippen molar-refractivity contribution in [3.8, 4) is 11.5 Å². The third-order valence-corrected chi connectivity index (χ3v) is 6.17. The highest BCUT2D eigenvalue weighted by atomic mass is 32.2. The Balaban J connectivity index is 2.13. The molecule has 0 fully saturated rings. The molecule has 3 rings (SSSR count). The third kappa shape index (κ3) is 3.66. The zero-order chi connectivity index (χ0) is 19.6. The summed E-state index contributed by atoms with van der Waals surface area (Å²) in [6.45, 7) is 5.69. The van der Waals surface area contributed by atoms with Gasteiger partial charge in [0, 0.05) is 19.7 Å². The standard InChI is InChI=1S/C21H22N2O3S/c1-5-18(16-13-11-15(2)12-14-16)27(24,25)20-21(23(3)4)26-19(22-20)17-9-7-6-8-10-17/h5-14,18H,1H2,2-4H3. The summed E-state index contributed by atoms with van der Waals surface area (Å²) in [6, 6.07) is 16.6. The molecular weight excluding hydrogens is 360 g/mol. The smallest absolute Gasteiger partial charge is 0.235 e. The molecule has 0 saturated carbocycles. The molecule has 0 aliphatic carbocycles. The second kappa shape index (κ2) is 7.40. The van der Waals surface area contributed by atoms with Gasteiger partial charge in [-0.15, -0.1) is 6.58 Å². The molecule has 5 nitrogen and oxygen atoms in total. The number of anilines is 1. The Labute approximate surface area is 159 Å².